The first-order chi connectivity index (χ1) is 7.43. The number of aryl methyl sites for hydroxylation is 1. The summed E-state index contributed by atoms with van der Waals surface area (Å²) >= 11 is 0. The molecule has 1 aliphatic heterocycles. The number of hydrogen-bond donors (Lipinski definition) is 1. The van der Waals surface area contributed by atoms with E-state index in [4.69, 9.17) is 0 Å². The lowest BCUT2D eigenvalue weighted by Crippen LogP contribution is -2.13. The molecule has 2 rings (SSSR count). The highest BCUT2D eigenvalue weighted by Gasteiger charge is 2.34. The van der Waals surface area contributed by atoms with Crippen molar-refractivity contribution in [1.29, 1.82) is 0 Å². The molecule has 1 N–H and O–H groups in total. The summed E-state index contributed by atoms with van der Waals surface area (Å²) in [4.78, 5) is 32.9. The number of nitro benzene ring substituents is 1. The lowest BCUT2D eigenvalue weighted by atomic mass is 10.00. The van der Waals surface area contributed by atoms with Crippen LogP contribution in [0.1, 0.15) is 21.5 Å². The number of nitro groups is 1. The van der Waals surface area contributed by atoms with E-state index >= 15 is 0 Å². The molecule has 6 nitrogen and oxygen atoms in total. The van der Waals surface area contributed by atoms with E-state index in [1.807, 2.05) is 0 Å². The molecule has 0 fully saturated rings. The van der Waals surface area contributed by atoms with Gasteiger partial charge in [0.1, 0.15) is 0 Å². The standard InChI is InChI=1S/C10H8N2O4/c1-4-3-6-7(9(13)10(14)11-6)5(2)8(4)12(15)16/h3H,1-2H3,(H,11,13,14). The third-order valence-corrected chi connectivity index (χ3v) is 2.60. The fourth-order valence-electron chi connectivity index (χ4n) is 1.94. The molecule has 0 saturated carbocycles. The number of nitrogens with zero attached hydrogens (tertiary/aromatic N) is 1. The first-order valence-electron chi connectivity index (χ1n) is 4.57. The van der Waals surface area contributed by atoms with Gasteiger partial charge >= 0.3 is 0 Å². The summed E-state index contributed by atoms with van der Waals surface area (Å²) in [7, 11) is 0. The first-order valence-corrected chi connectivity index (χ1v) is 4.57. The zero-order chi connectivity index (χ0) is 12.0. The molecule has 0 atom stereocenters. The molecule has 1 aliphatic rings. The molecule has 82 valence electrons. The van der Waals surface area contributed by atoms with E-state index in [9.17, 15) is 19.7 Å². The van der Waals surface area contributed by atoms with Gasteiger partial charge in [0.15, 0.2) is 0 Å². The molecule has 1 heterocycles. The normalized spacial score (nSPS) is 13.6. The SMILES string of the molecule is Cc1cc2c(c(C)c1[N+](=O)[O-])C(=O)C(=O)N2. The molecule has 0 aliphatic carbocycles. The maximum absolute atomic E-state index is 11.5. The van der Waals surface area contributed by atoms with Crippen LogP contribution in [0.5, 0.6) is 0 Å². The Balaban J connectivity index is 2.78. The fourth-order valence-corrected chi connectivity index (χ4v) is 1.94. The van der Waals surface area contributed by atoms with Gasteiger partial charge in [-0.05, 0) is 19.9 Å². The molecule has 0 radical (unpaired) electrons. The molecule has 1 amide bonds. The number of carbonyl (C=O) groups is 2. The van der Waals surface area contributed by atoms with Crippen LogP contribution in [-0.2, 0) is 4.79 Å². The number of carbonyl (C=O) groups excluding carboxylic acids is 2. The molecule has 0 saturated heterocycles. The predicted octanol–water partition coefficient (Wildman–Crippen LogP) is 1.35. The summed E-state index contributed by atoms with van der Waals surface area (Å²) in [5.41, 5.74) is 1.03. The maximum Gasteiger partial charge on any atom is 0.296 e. The summed E-state index contributed by atoms with van der Waals surface area (Å²) in [5, 5.41) is 13.2. The molecule has 6 heteroatoms. The number of hydrogen-bond acceptors (Lipinski definition) is 4. The minimum Gasteiger partial charge on any atom is -0.318 e. The Bertz CT molecular complexity index is 548. The highest BCUT2D eigenvalue weighted by Crippen LogP contribution is 2.35. The van der Waals surface area contributed by atoms with Gasteiger partial charge < -0.3 is 5.32 Å². The van der Waals surface area contributed by atoms with Crippen LogP contribution in [0, 0.1) is 24.0 Å². The molecule has 0 unspecified atom stereocenters. The van der Waals surface area contributed by atoms with Gasteiger partial charge in [-0.15, -0.1) is 0 Å². The zero-order valence-electron chi connectivity index (χ0n) is 8.66. The largest absolute Gasteiger partial charge is 0.318 e. The lowest BCUT2D eigenvalue weighted by molar-refractivity contribution is -0.386. The van der Waals surface area contributed by atoms with E-state index in [0.29, 0.717) is 11.3 Å². The molecule has 16 heavy (non-hydrogen) atoms. The summed E-state index contributed by atoms with van der Waals surface area (Å²) in [5.74, 6) is -1.45. The molecule has 1 aromatic carbocycles. The average Bonchev–Trinajstić information content (AvgIpc) is 2.41. The van der Waals surface area contributed by atoms with Gasteiger partial charge in [-0.1, -0.05) is 0 Å². The second-order valence-corrected chi connectivity index (χ2v) is 3.63. The second kappa shape index (κ2) is 3.13. The maximum atomic E-state index is 11.5. The van der Waals surface area contributed by atoms with Crippen LogP contribution in [0.25, 0.3) is 0 Å². The fraction of sp³-hybridized carbons (Fsp3) is 0.200. The summed E-state index contributed by atoms with van der Waals surface area (Å²) in [6, 6.07) is 1.45. The number of anilines is 1. The van der Waals surface area contributed by atoms with Crippen molar-refractivity contribution in [3.05, 3.63) is 32.9 Å². The van der Waals surface area contributed by atoms with Gasteiger partial charge in [0.25, 0.3) is 17.4 Å². The molecular weight excluding hydrogens is 212 g/mol. The van der Waals surface area contributed by atoms with Gasteiger partial charge in [0.05, 0.1) is 16.2 Å². The van der Waals surface area contributed by atoms with Crippen molar-refractivity contribution < 1.29 is 14.5 Å². The van der Waals surface area contributed by atoms with Gasteiger partial charge in [0.2, 0.25) is 0 Å². The van der Waals surface area contributed by atoms with Gasteiger partial charge in [-0.3, -0.25) is 19.7 Å². The van der Waals surface area contributed by atoms with Crippen molar-refractivity contribution in [2.75, 3.05) is 5.32 Å². The van der Waals surface area contributed by atoms with Crippen LogP contribution >= 0.6 is 0 Å². The van der Waals surface area contributed by atoms with Crippen LogP contribution in [0.4, 0.5) is 11.4 Å². The molecule has 0 spiro atoms. The minimum absolute atomic E-state index is 0.108. The molecular formula is C10H8N2O4. The number of nitrogens with one attached hydrogen (secondary N) is 1. The highest BCUT2D eigenvalue weighted by molar-refractivity contribution is 6.52. The van der Waals surface area contributed by atoms with E-state index in [2.05, 4.69) is 5.32 Å². The van der Waals surface area contributed by atoms with Crippen molar-refractivity contribution in [2.45, 2.75) is 13.8 Å². The van der Waals surface area contributed by atoms with Crippen molar-refractivity contribution in [2.24, 2.45) is 0 Å². The van der Waals surface area contributed by atoms with Gasteiger partial charge in [-0.2, -0.15) is 0 Å². The van der Waals surface area contributed by atoms with E-state index in [0.717, 1.165) is 0 Å². The quantitative estimate of drug-likeness (QED) is 0.439. The van der Waals surface area contributed by atoms with Gasteiger partial charge in [-0.25, -0.2) is 0 Å². The minimum atomic E-state index is -0.738. The Morgan fingerprint density at radius 2 is 1.94 bits per heavy atom. The van der Waals surface area contributed by atoms with E-state index < -0.39 is 16.6 Å². The Labute approximate surface area is 90.4 Å². The first kappa shape index (κ1) is 10.3. The average molecular weight is 220 g/mol. The van der Waals surface area contributed by atoms with Crippen LogP contribution in [0.3, 0.4) is 0 Å². The lowest BCUT2D eigenvalue weighted by Gasteiger charge is -2.05. The van der Waals surface area contributed by atoms with Crippen molar-refractivity contribution in [3.8, 4) is 0 Å². The Morgan fingerprint density at radius 1 is 1.31 bits per heavy atom. The number of ketones is 1. The highest BCUT2D eigenvalue weighted by atomic mass is 16.6. The van der Waals surface area contributed by atoms with Crippen LogP contribution in [0.15, 0.2) is 6.07 Å². The molecule has 0 bridgehead atoms. The second-order valence-electron chi connectivity index (χ2n) is 3.63. The predicted molar refractivity (Wildman–Crippen MR) is 55.5 cm³/mol. The van der Waals surface area contributed by atoms with Crippen LogP contribution < -0.4 is 5.32 Å². The van der Waals surface area contributed by atoms with Crippen LogP contribution in [0.2, 0.25) is 0 Å². The summed E-state index contributed by atoms with van der Waals surface area (Å²) < 4.78 is 0. The Kier molecular flexibility index (Phi) is 2.01. The smallest absolute Gasteiger partial charge is 0.296 e. The molecule has 1 aromatic rings. The number of benzene rings is 1. The zero-order valence-corrected chi connectivity index (χ0v) is 8.66. The summed E-state index contributed by atoms with van der Waals surface area (Å²) in [6.07, 6.45) is 0. The van der Waals surface area contributed by atoms with E-state index in [1.54, 1.807) is 6.92 Å². The Hall–Kier alpha value is -2.24. The number of amides is 1. The van der Waals surface area contributed by atoms with Crippen LogP contribution in [-0.4, -0.2) is 16.6 Å². The third-order valence-electron chi connectivity index (χ3n) is 2.60. The van der Waals surface area contributed by atoms with E-state index in [-0.39, 0.29) is 16.8 Å². The molecule has 0 aromatic heterocycles. The van der Waals surface area contributed by atoms with E-state index in [1.165, 1.54) is 13.0 Å². The van der Waals surface area contributed by atoms with Crippen molar-refractivity contribution >= 4 is 23.1 Å². The topological polar surface area (TPSA) is 89.3 Å². The number of Topliss-reactive ketones (excluding diaryl/α,β-unsaturated/α-hetero) is 1. The number of rotatable bonds is 1. The Morgan fingerprint density at radius 3 is 2.50 bits per heavy atom. The summed E-state index contributed by atoms with van der Waals surface area (Å²) in [6.45, 7) is 3.04. The van der Waals surface area contributed by atoms with Crippen molar-refractivity contribution in [1.82, 2.24) is 0 Å². The third kappa shape index (κ3) is 1.19. The van der Waals surface area contributed by atoms with Crippen molar-refractivity contribution in [3.63, 3.8) is 0 Å². The monoisotopic (exact) mass is 220 g/mol. The van der Waals surface area contributed by atoms with Gasteiger partial charge in [0, 0.05) is 11.1 Å². The number of fused-ring (bicyclic) bond motifs is 1.